The van der Waals surface area contributed by atoms with Gasteiger partial charge >= 0.3 is 23.8 Å². The van der Waals surface area contributed by atoms with E-state index in [0.717, 1.165) is 36.4 Å². The van der Waals surface area contributed by atoms with Crippen LogP contribution >= 0.6 is 0 Å². The lowest BCUT2D eigenvalue weighted by Crippen LogP contribution is -2.60. The van der Waals surface area contributed by atoms with Gasteiger partial charge in [0.15, 0.2) is 26.5 Å². The Hall–Kier alpha value is -3.49. The van der Waals surface area contributed by atoms with Crippen molar-refractivity contribution in [3.05, 3.63) is 66.7 Å². The van der Waals surface area contributed by atoms with Crippen LogP contribution in [0.1, 0.15) is 0 Å². The van der Waals surface area contributed by atoms with Crippen molar-refractivity contribution in [3.63, 3.8) is 0 Å². The Kier molecular flexibility index (Phi) is 8.70. The summed E-state index contributed by atoms with van der Waals surface area (Å²) in [5, 5.41) is 3.46. The van der Waals surface area contributed by atoms with E-state index in [-0.39, 0.29) is 21.3 Å². The van der Waals surface area contributed by atoms with E-state index in [1.54, 1.807) is 12.1 Å². The summed E-state index contributed by atoms with van der Waals surface area (Å²) < 4.78 is 193. The molecule has 7 nitrogen and oxygen atoms in total. The molecule has 0 saturated carbocycles. The van der Waals surface area contributed by atoms with Crippen LogP contribution in [0.25, 0.3) is 0 Å². The molecular formula is C25H15F11O7S2. The highest BCUT2D eigenvalue weighted by molar-refractivity contribution is 7.97. The molecule has 2 atom stereocenters. The molecule has 0 aliphatic carbocycles. The van der Waals surface area contributed by atoms with Crippen LogP contribution in [0.5, 0.6) is 23.0 Å². The second kappa shape index (κ2) is 11.4. The van der Waals surface area contributed by atoms with E-state index >= 15 is 0 Å². The number of hydrogen-bond donors (Lipinski definition) is 1. The van der Waals surface area contributed by atoms with E-state index in [1.165, 1.54) is 18.2 Å². The van der Waals surface area contributed by atoms with Crippen LogP contribution in [0.4, 0.5) is 48.3 Å². The molecule has 1 aliphatic heterocycles. The maximum Gasteiger partial charge on any atom is 0.432 e. The van der Waals surface area contributed by atoms with Gasteiger partial charge in [0.25, 0.3) is 11.7 Å². The number of rotatable bonds is 8. The fraction of sp³-hybridized carbons (Fsp3) is 0.280. The highest BCUT2D eigenvalue weighted by Gasteiger charge is 2.71. The molecule has 1 aliphatic rings. The minimum atomic E-state index is -6.80. The van der Waals surface area contributed by atoms with E-state index in [1.807, 2.05) is 0 Å². The second-order valence-electron chi connectivity index (χ2n) is 9.13. The summed E-state index contributed by atoms with van der Waals surface area (Å²) in [4.78, 5) is 0.935. The van der Waals surface area contributed by atoms with Crippen LogP contribution in [0, 0.1) is 0 Å². The van der Waals surface area contributed by atoms with Gasteiger partial charge < -0.3 is 23.9 Å². The zero-order valence-electron chi connectivity index (χ0n) is 21.5. The monoisotopic (exact) mass is 700 g/mol. The zero-order valence-corrected chi connectivity index (χ0v) is 23.1. The summed E-state index contributed by atoms with van der Waals surface area (Å²) in [7, 11) is -8.05. The third-order valence-corrected chi connectivity index (χ3v) is 9.24. The van der Waals surface area contributed by atoms with Gasteiger partial charge in [-0.15, -0.1) is 0 Å². The SMILES string of the molecule is O=S(=O)([O-])C(F)(F)C(Oc1ccc([S+]2c3ccccc3Oc3cc(OCC(O)(C(F)(F)F)C(F)(F)F)ccc32)cc1)C(F)(F)F. The highest BCUT2D eigenvalue weighted by Crippen LogP contribution is 2.49. The second-order valence-corrected chi connectivity index (χ2v) is 12.6. The molecule has 0 fully saturated rings. The predicted molar refractivity (Wildman–Crippen MR) is 129 cm³/mol. The minimum absolute atomic E-state index is 0.130. The van der Waals surface area contributed by atoms with Crippen LogP contribution in [-0.4, -0.2) is 60.2 Å². The molecule has 3 aromatic rings. The maximum atomic E-state index is 13.9. The molecule has 20 heteroatoms. The largest absolute Gasteiger partial charge is 0.743 e. The molecule has 0 aromatic heterocycles. The van der Waals surface area contributed by atoms with Gasteiger partial charge in [0, 0.05) is 12.1 Å². The van der Waals surface area contributed by atoms with Gasteiger partial charge in [-0.3, -0.25) is 0 Å². The summed E-state index contributed by atoms with van der Waals surface area (Å²) in [6, 6.07) is 13.0. The van der Waals surface area contributed by atoms with Gasteiger partial charge in [0.05, 0.1) is 0 Å². The van der Waals surface area contributed by atoms with Gasteiger partial charge in [0.1, 0.15) is 29.0 Å². The average molecular weight is 701 g/mol. The van der Waals surface area contributed by atoms with Crippen molar-refractivity contribution < 1.29 is 80.6 Å². The van der Waals surface area contributed by atoms with E-state index < -0.39 is 74.6 Å². The molecule has 2 unspecified atom stereocenters. The van der Waals surface area contributed by atoms with E-state index in [2.05, 4.69) is 9.47 Å². The van der Waals surface area contributed by atoms with Gasteiger partial charge in [-0.2, -0.15) is 48.3 Å². The third-order valence-electron chi connectivity index (χ3n) is 6.06. The molecule has 3 aromatic carbocycles. The van der Waals surface area contributed by atoms with Crippen LogP contribution in [-0.2, 0) is 21.0 Å². The fourth-order valence-electron chi connectivity index (χ4n) is 3.78. The molecule has 0 radical (unpaired) electrons. The first-order valence-electron chi connectivity index (χ1n) is 11.8. The quantitative estimate of drug-likeness (QED) is 0.126. The molecular weight excluding hydrogens is 685 g/mol. The van der Waals surface area contributed by atoms with Crippen molar-refractivity contribution in [2.75, 3.05) is 6.61 Å². The number of benzene rings is 3. The van der Waals surface area contributed by atoms with Crippen molar-refractivity contribution in [1.82, 2.24) is 0 Å². The lowest BCUT2D eigenvalue weighted by Gasteiger charge is -2.32. The molecule has 45 heavy (non-hydrogen) atoms. The summed E-state index contributed by atoms with van der Waals surface area (Å²) in [5.74, 6) is -1.46. The Bertz CT molecular complexity index is 1640. The standard InChI is InChI=1S/C25H15F11O7S2/c26-22(27,28)20(23(29,30)45(38,39)40)42-13-5-8-15(9-6-13)44-18-4-2-1-3-16(18)43-17-11-14(7-10-19(17)44)41-12-21(37,24(31,32)33)25(34,35)36/h1-11,20,37H,12H2. The van der Waals surface area contributed by atoms with Gasteiger partial charge in [-0.05, 0) is 42.5 Å². The molecule has 0 bridgehead atoms. The predicted octanol–water partition coefficient (Wildman–Crippen LogP) is 6.57. The minimum Gasteiger partial charge on any atom is -0.743 e. The number of aliphatic hydroxyl groups is 1. The molecule has 1 heterocycles. The number of hydrogen-bond acceptors (Lipinski definition) is 7. The van der Waals surface area contributed by atoms with Crippen LogP contribution in [0.3, 0.4) is 0 Å². The van der Waals surface area contributed by atoms with Gasteiger partial charge in [-0.1, -0.05) is 12.1 Å². The molecule has 0 amide bonds. The van der Waals surface area contributed by atoms with E-state index in [0.29, 0.717) is 4.90 Å². The van der Waals surface area contributed by atoms with Gasteiger partial charge in [-0.25, -0.2) is 8.42 Å². The smallest absolute Gasteiger partial charge is 0.432 e. The highest BCUT2D eigenvalue weighted by atomic mass is 32.2. The Morgan fingerprint density at radius 1 is 0.778 bits per heavy atom. The molecule has 0 spiro atoms. The van der Waals surface area contributed by atoms with Crippen molar-refractivity contribution >= 4 is 21.0 Å². The lowest BCUT2D eigenvalue weighted by atomic mass is 10.0. The average Bonchev–Trinajstić information content (AvgIpc) is 2.91. The normalized spacial score (nSPS) is 16.7. The van der Waals surface area contributed by atoms with Crippen LogP contribution in [0.15, 0.2) is 81.4 Å². The summed E-state index contributed by atoms with van der Waals surface area (Å²) in [6.45, 7) is -2.26. The number of halogens is 11. The molecule has 1 N–H and O–H groups in total. The van der Waals surface area contributed by atoms with Crippen molar-refractivity contribution in [2.45, 2.75) is 50.2 Å². The third kappa shape index (κ3) is 6.59. The fourth-order valence-corrected chi connectivity index (χ4v) is 6.41. The van der Waals surface area contributed by atoms with E-state index in [4.69, 9.17) is 4.74 Å². The maximum absolute atomic E-state index is 13.9. The van der Waals surface area contributed by atoms with Crippen LogP contribution in [0.2, 0.25) is 0 Å². The van der Waals surface area contributed by atoms with Gasteiger partial charge in [0.2, 0.25) is 9.79 Å². The lowest BCUT2D eigenvalue weighted by molar-refractivity contribution is -0.373. The summed E-state index contributed by atoms with van der Waals surface area (Å²) in [5.41, 5.74) is -5.20. The zero-order chi connectivity index (χ0) is 33.8. The summed E-state index contributed by atoms with van der Waals surface area (Å²) in [6.07, 6.45) is -22.6. The first-order valence-corrected chi connectivity index (χ1v) is 14.4. The Balaban J connectivity index is 1.67. The first-order chi connectivity index (χ1) is 20.5. The molecule has 246 valence electrons. The number of para-hydroxylation sites is 1. The number of fused-ring (bicyclic) bond motifs is 2. The van der Waals surface area contributed by atoms with Crippen LogP contribution < -0.4 is 14.2 Å². The topological polar surface area (TPSA) is 105 Å². The molecule has 4 rings (SSSR count). The summed E-state index contributed by atoms with van der Waals surface area (Å²) >= 11 is 0. The van der Waals surface area contributed by atoms with Crippen molar-refractivity contribution in [2.24, 2.45) is 0 Å². The Labute approximate surface area is 248 Å². The molecule has 0 saturated heterocycles. The Morgan fingerprint density at radius 3 is 1.84 bits per heavy atom. The van der Waals surface area contributed by atoms with E-state index in [9.17, 15) is 66.4 Å². The first kappa shape index (κ1) is 34.4. The number of alkyl halides is 11. The van der Waals surface area contributed by atoms with Crippen molar-refractivity contribution in [1.29, 1.82) is 0 Å². The number of ether oxygens (including phenoxy) is 3. The van der Waals surface area contributed by atoms with Crippen molar-refractivity contribution in [3.8, 4) is 23.0 Å². The Morgan fingerprint density at radius 2 is 1.31 bits per heavy atom.